The van der Waals surface area contributed by atoms with Gasteiger partial charge in [0, 0.05) is 32.9 Å². The van der Waals surface area contributed by atoms with E-state index in [1.807, 2.05) is 30.9 Å². The average Bonchev–Trinajstić information content (AvgIpc) is 2.92. The van der Waals surface area contributed by atoms with E-state index >= 15 is 0 Å². The predicted octanol–water partition coefficient (Wildman–Crippen LogP) is 3.56. The first-order valence-corrected chi connectivity index (χ1v) is 9.53. The van der Waals surface area contributed by atoms with Crippen molar-refractivity contribution in [1.29, 1.82) is 0 Å². The second-order valence-corrected chi connectivity index (χ2v) is 6.91. The molecule has 1 aromatic heterocycles. The lowest BCUT2D eigenvalue weighted by molar-refractivity contribution is 0.414. The zero-order valence-corrected chi connectivity index (χ0v) is 20.2. The highest BCUT2D eigenvalue weighted by Gasteiger charge is 2.09. The van der Waals surface area contributed by atoms with Gasteiger partial charge in [-0.2, -0.15) is 5.10 Å². The molecule has 1 unspecified atom stereocenters. The van der Waals surface area contributed by atoms with E-state index in [4.69, 9.17) is 4.74 Å². The molecule has 1 atom stereocenters. The van der Waals surface area contributed by atoms with Crippen LogP contribution < -0.4 is 15.4 Å². The molecular formula is C21H34IN5O. The van der Waals surface area contributed by atoms with E-state index < -0.39 is 0 Å². The molecule has 2 rings (SSSR count). The highest BCUT2D eigenvalue weighted by Crippen LogP contribution is 2.21. The number of aliphatic imine (C=N–C) groups is 1. The van der Waals surface area contributed by atoms with Gasteiger partial charge in [0.25, 0.3) is 0 Å². The molecule has 6 nitrogen and oxygen atoms in total. The fraction of sp³-hybridized carbons (Fsp3) is 0.524. The third-order valence-corrected chi connectivity index (χ3v) is 5.10. The SMILES string of the molecule is CN=C(NCCc1c(C)nn(C)c1C)NCCC(C)c1ccc(OC)cc1.I. The number of hydrogen-bond donors (Lipinski definition) is 2. The van der Waals surface area contributed by atoms with Crippen LogP contribution >= 0.6 is 24.0 Å². The molecular weight excluding hydrogens is 465 g/mol. The molecule has 1 aromatic carbocycles. The molecule has 156 valence electrons. The molecule has 0 aliphatic carbocycles. The third kappa shape index (κ3) is 6.68. The van der Waals surface area contributed by atoms with Gasteiger partial charge in [0.05, 0.1) is 12.8 Å². The lowest BCUT2D eigenvalue weighted by Gasteiger charge is -2.15. The number of rotatable bonds is 8. The molecule has 2 aromatic rings. The van der Waals surface area contributed by atoms with Crippen LogP contribution in [0.4, 0.5) is 0 Å². The Kier molecular flexibility index (Phi) is 10.3. The van der Waals surface area contributed by atoms with Gasteiger partial charge in [-0.3, -0.25) is 9.67 Å². The highest BCUT2D eigenvalue weighted by atomic mass is 127. The van der Waals surface area contributed by atoms with E-state index in [2.05, 4.69) is 53.6 Å². The Bertz CT molecular complexity index is 755. The summed E-state index contributed by atoms with van der Waals surface area (Å²) in [5, 5.41) is 11.3. The Morgan fingerprint density at radius 1 is 1.18 bits per heavy atom. The summed E-state index contributed by atoms with van der Waals surface area (Å²) in [4.78, 5) is 4.32. The number of aryl methyl sites for hydroxylation is 2. The minimum atomic E-state index is 0. The Labute approximate surface area is 186 Å². The fourth-order valence-electron chi connectivity index (χ4n) is 3.21. The van der Waals surface area contributed by atoms with Crippen molar-refractivity contribution in [3.05, 3.63) is 46.8 Å². The van der Waals surface area contributed by atoms with Crippen LogP contribution in [0.1, 0.15) is 41.8 Å². The lowest BCUT2D eigenvalue weighted by atomic mass is 9.98. The van der Waals surface area contributed by atoms with Gasteiger partial charge in [-0.1, -0.05) is 19.1 Å². The number of guanidine groups is 1. The standard InChI is InChI=1S/C21H33N5O.HI/c1-15(18-7-9-19(27-6)10-8-18)11-13-23-21(22-4)24-14-12-20-16(2)25-26(5)17(20)3;/h7-10,15H,11-14H2,1-6H3,(H2,22,23,24);1H. The van der Waals surface area contributed by atoms with Crippen LogP contribution in [0.15, 0.2) is 29.3 Å². The maximum atomic E-state index is 5.22. The Hall–Kier alpha value is -1.77. The first-order chi connectivity index (χ1) is 13.0. The monoisotopic (exact) mass is 499 g/mol. The molecule has 7 heteroatoms. The van der Waals surface area contributed by atoms with Crippen molar-refractivity contribution in [3.63, 3.8) is 0 Å². The summed E-state index contributed by atoms with van der Waals surface area (Å²) in [6.07, 6.45) is 1.97. The number of ether oxygens (including phenoxy) is 1. The van der Waals surface area contributed by atoms with Gasteiger partial charge < -0.3 is 15.4 Å². The summed E-state index contributed by atoms with van der Waals surface area (Å²) >= 11 is 0. The zero-order valence-electron chi connectivity index (χ0n) is 17.9. The maximum absolute atomic E-state index is 5.22. The van der Waals surface area contributed by atoms with Crippen LogP contribution in [0.5, 0.6) is 5.75 Å². The van der Waals surface area contributed by atoms with Crippen LogP contribution in [-0.2, 0) is 13.5 Å². The van der Waals surface area contributed by atoms with Crippen molar-refractivity contribution >= 4 is 29.9 Å². The van der Waals surface area contributed by atoms with Crippen molar-refractivity contribution in [2.75, 3.05) is 27.2 Å². The molecule has 0 aliphatic rings. The number of hydrogen-bond acceptors (Lipinski definition) is 3. The molecule has 28 heavy (non-hydrogen) atoms. The number of methoxy groups -OCH3 is 1. The summed E-state index contributed by atoms with van der Waals surface area (Å²) in [7, 11) is 5.49. The van der Waals surface area contributed by atoms with E-state index in [1.165, 1.54) is 16.8 Å². The van der Waals surface area contributed by atoms with Crippen LogP contribution in [0.3, 0.4) is 0 Å². The summed E-state index contributed by atoms with van der Waals surface area (Å²) in [6.45, 7) is 8.13. The van der Waals surface area contributed by atoms with Crippen LogP contribution in [-0.4, -0.2) is 43.0 Å². The molecule has 0 amide bonds. The summed E-state index contributed by atoms with van der Waals surface area (Å²) in [5.41, 5.74) is 4.97. The minimum absolute atomic E-state index is 0. The quantitative estimate of drug-likeness (QED) is 0.331. The first kappa shape index (κ1) is 24.3. The van der Waals surface area contributed by atoms with E-state index in [-0.39, 0.29) is 24.0 Å². The van der Waals surface area contributed by atoms with Crippen LogP contribution in [0, 0.1) is 13.8 Å². The minimum Gasteiger partial charge on any atom is -0.497 e. The topological polar surface area (TPSA) is 63.5 Å². The van der Waals surface area contributed by atoms with Crippen LogP contribution in [0.25, 0.3) is 0 Å². The second kappa shape index (κ2) is 11.9. The second-order valence-electron chi connectivity index (χ2n) is 6.91. The van der Waals surface area contributed by atoms with Gasteiger partial charge in [0.1, 0.15) is 5.75 Å². The molecule has 0 spiro atoms. The van der Waals surface area contributed by atoms with Gasteiger partial charge >= 0.3 is 0 Å². The lowest BCUT2D eigenvalue weighted by Crippen LogP contribution is -2.39. The van der Waals surface area contributed by atoms with Crippen molar-refractivity contribution in [2.45, 2.75) is 39.5 Å². The molecule has 0 bridgehead atoms. The van der Waals surface area contributed by atoms with Crippen molar-refractivity contribution in [3.8, 4) is 5.75 Å². The number of nitrogens with one attached hydrogen (secondary N) is 2. The van der Waals surface area contributed by atoms with E-state index in [0.29, 0.717) is 5.92 Å². The normalized spacial score (nSPS) is 12.3. The molecule has 0 saturated heterocycles. The Balaban J connectivity index is 0.00000392. The molecule has 1 heterocycles. The molecule has 0 fully saturated rings. The third-order valence-electron chi connectivity index (χ3n) is 5.10. The van der Waals surface area contributed by atoms with Gasteiger partial charge in [-0.05, 0) is 55.9 Å². The Morgan fingerprint density at radius 3 is 2.36 bits per heavy atom. The number of benzene rings is 1. The first-order valence-electron chi connectivity index (χ1n) is 9.53. The smallest absolute Gasteiger partial charge is 0.190 e. The van der Waals surface area contributed by atoms with Crippen molar-refractivity contribution in [2.24, 2.45) is 12.0 Å². The number of nitrogens with zero attached hydrogens (tertiary/aromatic N) is 3. The van der Waals surface area contributed by atoms with Gasteiger partial charge in [-0.25, -0.2) is 0 Å². The molecule has 2 N–H and O–H groups in total. The molecule has 0 saturated carbocycles. The average molecular weight is 499 g/mol. The van der Waals surface area contributed by atoms with E-state index in [9.17, 15) is 0 Å². The van der Waals surface area contributed by atoms with Crippen molar-refractivity contribution in [1.82, 2.24) is 20.4 Å². The largest absolute Gasteiger partial charge is 0.497 e. The molecule has 0 aliphatic heterocycles. The molecule has 0 radical (unpaired) electrons. The highest BCUT2D eigenvalue weighted by molar-refractivity contribution is 14.0. The maximum Gasteiger partial charge on any atom is 0.190 e. The summed E-state index contributed by atoms with van der Waals surface area (Å²) < 4.78 is 7.16. The predicted molar refractivity (Wildman–Crippen MR) is 127 cm³/mol. The number of aromatic nitrogens is 2. The number of halogens is 1. The van der Waals surface area contributed by atoms with E-state index in [1.54, 1.807) is 7.11 Å². The summed E-state index contributed by atoms with van der Waals surface area (Å²) in [6, 6.07) is 8.30. The zero-order chi connectivity index (χ0) is 19.8. The van der Waals surface area contributed by atoms with Gasteiger partial charge in [-0.15, -0.1) is 24.0 Å². The van der Waals surface area contributed by atoms with Gasteiger partial charge in [0.15, 0.2) is 5.96 Å². The van der Waals surface area contributed by atoms with Crippen molar-refractivity contribution < 1.29 is 4.74 Å². The summed E-state index contributed by atoms with van der Waals surface area (Å²) in [5.74, 6) is 2.21. The fourth-order valence-corrected chi connectivity index (χ4v) is 3.21. The van der Waals surface area contributed by atoms with Crippen LogP contribution in [0.2, 0.25) is 0 Å². The van der Waals surface area contributed by atoms with Gasteiger partial charge in [0.2, 0.25) is 0 Å². The van der Waals surface area contributed by atoms with E-state index in [0.717, 1.165) is 43.3 Å². The Morgan fingerprint density at radius 2 is 1.82 bits per heavy atom.